The minimum atomic E-state index is -4.87. The zero-order valence-electron chi connectivity index (χ0n) is 11.1. The molecule has 2 heterocycles. The van der Waals surface area contributed by atoms with Gasteiger partial charge in [-0.25, -0.2) is 4.79 Å². The average molecular weight is 302 g/mol. The Morgan fingerprint density at radius 1 is 1.43 bits per heavy atom. The SMILES string of the molecule is CC1(C(F)(F)F)NC(=O)N(Cc2ccnc(CN)c2)C1=O. The van der Waals surface area contributed by atoms with Crippen molar-refractivity contribution in [2.45, 2.75) is 31.7 Å². The van der Waals surface area contributed by atoms with Crippen molar-refractivity contribution in [1.29, 1.82) is 0 Å². The van der Waals surface area contributed by atoms with Crippen molar-refractivity contribution >= 4 is 11.9 Å². The Hall–Kier alpha value is -2.16. The van der Waals surface area contributed by atoms with E-state index in [0.29, 0.717) is 23.1 Å². The monoisotopic (exact) mass is 302 g/mol. The largest absolute Gasteiger partial charge is 0.420 e. The number of imide groups is 1. The number of nitrogens with zero attached hydrogens (tertiary/aromatic N) is 2. The summed E-state index contributed by atoms with van der Waals surface area (Å²) in [6, 6.07) is 1.96. The number of nitrogens with two attached hydrogens (primary N) is 1. The zero-order chi connectivity index (χ0) is 15.8. The molecule has 9 heteroatoms. The van der Waals surface area contributed by atoms with E-state index >= 15 is 0 Å². The Bertz CT molecular complexity index is 590. The van der Waals surface area contributed by atoms with Crippen LogP contribution in [-0.4, -0.2) is 33.5 Å². The molecule has 1 atom stereocenters. The van der Waals surface area contributed by atoms with Crippen LogP contribution in [0, 0.1) is 0 Å². The quantitative estimate of drug-likeness (QED) is 0.812. The van der Waals surface area contributed by atoms with E-state index < -0.39 is 23.7 Å². The van der Waals surface area contributed by atoms with Gasteiger partial charge >= 0.3 is 12.2 Å². The average Bonchev–Trinajstić information content (AvgIpc) is 2.63. The smallest absolute Gasteiger partial charge is 0.325 e. The highest BCUT2D eigenvalue weighted by atomic mass is 19.4. The number of pyridine rings is 1. The Morgan fingerprint density at radius 3 is 2.62 bits per heavy atom. The molecule has 6 nitrogen and oxygen atoms in total. The maximum Gasteiger partial charge on any atom is 0.420 e. The van der Waals surface area contributed by atoms with Crippen LogP contribution < -0.4 is 11.1 Å². The molecule has 21 heavy (non-hydrogen) atoms. The molecule has 0 bridgehead atoms. The zero-order valence-corrected chi connectivity index (χ0v) is 11.1. The predicted molar refractivity (Wildman–Crippen MR) is 65.7 cm³/mol. The van der Waals surface area contributed by atoms with Crippen LogP contribution in [0.15, 0.2) is 18.3 Å². The molecule has 2 rings (SSSR count). The van der Waals surface area contributed by atoms with Gasteiger partial charge < -0.3 is 11.1 Å². The second-order valence-corrected chi connectivity index (χ2v) is 4.80. The first-order valence-corrected chi connectivity index (χ1v) is 6.04. The molecule has 0 saturated carbocycles. The van der Waals surface area contributed by atoms with Gasteiger partial charge in [-0.1, -0.05) is 0 Å². The summed E-state index contributed by atoms with van der Waals surface area (Å²) >= 11 is 0. The Labute approximate surface area is 118 Å². The van der Waals surface area contributed by atoms with E-state index in [4.69, 9.17) is 5.73 Å². The van der Waals surface area contributed by atoms with Gasteiger partial charge in [-0.05, 0) is 24.6 Å². The molecule has 1 aliphatic rings. The van der Waals surface area contributed by atoms with Crippen molar-refractivity contribution in [3.05, 3.63) is 29.6 Å². The van der Waals surface area contributed by atoms with Gasteiger partial charge in [0, 0.05) is 12.7 Å². The fraction of sp³-hybridized carbons (Fsp3) is 0.417. The molecule has 0 aliphatic carbocycles. The molecule has 0 aromatic carbocycles. The number of amides is 3. The van der Waals surface area contributed by atoms with Crippen molar-refractivity contribution in [3.8, 4) is 0 Å². The van der Waals surface area contributed by atoms with Crippen molar-refractivity contribution in [2.24, 2.45) is 5.73 Å². The fourth-order valence-corrected chi connectivity index (χ4v) is 1.95. The van der Waals surface area contributed by atoms with Crippen LogP contribution in [0.1, 0.15) is 18.2 Å². The molecule has 1 aliphatic heterocycles. The molecule has 1 aromatic rings. The lowest BCUT2D eigenvalue weighted by Crippen LogP contribution is -2.56. The normalized spacial score (nSPS) is 22.6. The van der Waals surface area contributed by atoms with Crippen molar-refractivity contribution < 1.29 is 22.8 Å². The van der Waals surface area contributed by atoms with Gasteiger partial charge in [-0.2, -0.15) is 13.2 Å². The number of rotatable bonds is 3. The number of hydrogen-bond donors (Lipinski definition) is 2. The van der Waals surface area contributed by atoms with Crippen LogP contribution in [0.3, 0.4) is 0 Å². The third-order valence-electron chi connectivity index (χ3n) is 3.27. The van der Waals surface area contributed by atoms with E-state index in [9.17, 15) is 22.8 Å². The van der Waals surface area contributed by atoms with E-state index in [1.165, 1.54) is 18.3 Å². The molecule has 1 unspecified atom stereocenters. The van der Waals surface area contributed by atoms with Crippen LogP contribution >= 0.6 is 0 Å². The summed E-state index contributed by atoms with van der Waals surface area (Å²) in [6.45, 7) is 0.519. The molecule has 1 aromatic heterocycles. The van der Waals surface area contributed by atoms with Crippen LogP contribution in [0.2, 0.25) is 0 Å². The van der Waals surface area contributed by atoms with Crippen LogP contribution in [0.4, 0.5) is 18.0 Å². The summed E-state index contributed by atoms with van der Waals surface area (Å²) in [6.07, 6.45) is -3.45. The van der Waals surface area contributed by atoms with Crippen LogP contribution in [-0.2, 0) is 17.9 Å². The van der Waals surface area contributed by atoms with Gasteiger partial charge in [0.05, 0.1) is 12.2 Å². The van der Waals surface area contributed by atoms with E-state index in [1.807, 2.05) is 0 Å². The molecule has 3 amide bonds. The third kappa shape index (κ3) is 2.56. The summed E-state index contributed by atoms with van der Waals surface area (Å²) in [5.41, 5.74) is 3.50. The van der Waals surface area contributed by atoms with Crippen LogP contribution in [0.5, 0.6) is 0 Å². The molecular weight excluding hydrogens is 289 g/mol. The summed E-state index contributed by atoms with van der Waals surface area (Å²) < 4.78 is 38.7. The Morgan fingerprint density at radius 2 is 2.10 bits per heavy atom. The predicted octanol–water partition coefficient (Wildman–Crippen LogP) is 0.913. The maximum absolute atomic E-state index is 12.9. The molecule has 114 valence electrons. The minimum absolute atomic E-state index is 0.147. The van der Waals surface area contributed by atoms with Gasteiger partial charge in [-0.15, -0.1) is 0 Å². The number of hydrogen-bond acceptors (Lipinski definition) is 4. The van der Waals surface area contributed by atoms with Gasteiger partial charge in [0.25, 0.3) is 5.91 Å². The number of urea groups is 1. The standard InChI is InChI=1S/C12H13F3N4O2/c1-11(12(13,14)15)9(20)19(10(21)18-11)6-7-2-3-17-8(4-7)5-16/h2-4H,5-6,16H2,1H3,(H,18,21). The van der Waals surface area contributed by atoms with E-state index in [1.54, 1.807) is 5.32 Å². The number of halogens is 3. The third-order valence-corrected chi connectivity index (χ3v) is 3.27. The van der Waals surface area contributed by atoms with Crippen molar-refractivity contribution in [3.63, 3.8) is 0 Å². The highest BCUT2D eigenvalue weighted by molar-refractivity contribution is 6.07. The second-order valence-electron chi connectivity index (χ2n) is 4.80. The van der Waals surface area contributed by atoms with Crippen molar-refractivity contribution in [1.82, 2.24) is 15.2 Å². The first kappa shape index (κ1) is 15.2. The summed E-state index contributed by atoms with van der Waals surface area (Å²) in [7, 11) is 0. The minimum Gasteiger partial charge on any atom is -0.325 e. The van der Waals surface area contributed by atoms with Gasteiger partial charge in [0.15, 0.2) is 0 Å². The molecule has 1 fully saturated rings. The number of carbonyl (C=O) groups excluding carboxylic acids is 2. The van der Waals surface area contributed by atoms with E-state index in [2.05, 4.69) is 4.98 Å². The van der Waals surface area contributed by atoms with Gasteiger partial charge in [-0.3, -0.25) is 14.7 Å². The lowest BCUT2D eigenvalue weighted by Gasteiger charge is -2.24. The van der Waals surface area contributed by atoms with Gasteiger partial charge in [0.1, 0.15) is 0 Å². The summed E-state index contributed by atoms with van der Waals surface area (Å²) in [5.74, 6) is -1.33. The highest BCUT2D eigenvalue weighted by Gasteiger charge is 2.64. The number of alkyl halides is 3. The lowest BCUT2D eigenvalue weighted by molar-refractivity contribution is -0.191. The first-order chi connectivity index (χ1) is 9.69. The number of aromatic nitrogens is 1. The van der Waals surface area contributed by atoms with E-state index in [0.717, 1.165) is 0 Å². The molecule has 0 spiro atoms. The first-order valence-electron chi connectivity index (χ1n) is 6.04. The van der Waals surface area contributed by atoms with Gasteiger partial charge in [0.2, 0.25) is 5.54 Å². The van der Waals surface area contributed by atoms with Crippen molar-refractivity contribution in [2.75, 3.05) is 0 Å². The highest BCUT2D eigenvalue weighted by Crippen LogP contribution is 2.35. The fourth-order valence-electron chi connectivity index (χ4n) is 1.95. The topological polar surface area (TPSA) is 88.3 Å². The molecule has 0 radical (unpaired) electrons. The maximum atomic E-state index is 12.9. The molecular formula is C12H13F3N4O2. The summed E-state index contributed by atoms with van der Waals surface area (Å²) in [5, 5.41) is 1.69. The lowest BCUT2D eigenvalue weighted by atomic mass is 10.0. The number of nitrogens with one attached hydrogen (secondary N) is 1. The number of carbonyl (C=O) groups is 2. The summed E-state index contributed by atoms with van der Waals surface area (Å²) in [4.78, 5) is 28.0. The Balaban J connectivity index is 2.25. The second kappa shape index (κ2) is 4.99. The van der Waals surface area contributed by atoms with E-state index in [-0.39, 0.29) is 13.1 Å². The molecule has 3 N–H and O–H groups in total. The van der Waals surface area contributed by atoms with Crippen LogP contribution in [0.25, 0.3) is 0 Å². The Kier molecular flexibility index (Phi) is 3.62. The molecule has 1 saturated heterocycles.